The molecule has 0 aromatic heterocycles. The predicted octanol–water partition coefficient (Wildman–Crippen LogP) is 2.95. The van der Waals surface area contributed by atoms with Gasteiger partial charge in [-0.2, -0.15) is 0 Å². The average molecular weight is 359 g/mol. The second kappa shape index (κ2) is 6.56. The van der Waals surface area contributed by atoms with Crippen LogP contribution in [0.25, 0.3) is 6.08 Å². The molecule has 1 aromatic carbocycles. The molecule has 0 atom stereocenters. The molecule has 1 aromatic rings. The molecule has 1 fully saturated rings. The third kappa shape index (κ3) is 3.04. The first-order chi connectivity index (χ1) is 10.4. The summed E-state index contributed by atoms with van der Waals surface area (Å²) in [6.07, 6.45) is 2.51. The van der Waals surface area contributed by atoms with Crippen molar-refractivity contribution in [2.24, 2.45) is 0 Å². The third-order valence-electron chi connectivity index (χ3n) is 2.87. The number of hydrogen-bond donors (Lipinski definition) is 1. The zero-order valence-electron chi connectivity index (χ0n) is 11.0. The molecule has 0 spiro atoms. The van der Waals surface area contributed by atoms with Gasteiger partial charge in [-0.25, -0.2) is 4.39 Å². The smallest absolute Gasteiger partial charge is 0.265 e. The summed E-state index contributed by atoms with van der Waals surface area (Å²) in [4.78, 5) is 25.4. The van der Waals surface area contributed by atoms with Crippen molar-refractivity contribution in [1.29, 1.82) is 0 Å². The number of carbonyl (C=O) groups is 2. The van der Waals surface area contributed by atoms with Gasteiger partial charge in [0.15, 0.2) is 5.11 Å². The molecule has 0 saturated carbocycles. The Morgan fingerprint density at radius 3 is 2.68 bits per heavy atom. The van der Waals surface area contributed by atoms with Crippen LogP contribution in [-0.2, 0) is 9.59 Å². The maximum absolute atomic E-state index is 13.9. The normalized spacial score (nSPS) is 17.0. The summed E-state index contributed by atoms with van der Waals surface area (Å²) in [5.74, 6) is -2.10. The van der Waals surface area contributed by atoms with E-state index >= 15 is 0 Å². The molecular weight excluding hydrogens is 350 g/mol. The second-order valence-electron chi connectivity index (χ2n) is 4.28. The zero-order valence-corrected chi connectivity index (χ0v) is 13.4. The Labute approximate surface area is 141 Å². The Balaban J connectivity index is 2.53. The van der Waals surface area contributed by atoms with E-state index < -0.39 is 17.6 Å². The number of nitrogens with zero attached hydrogens (tertiary/aromatic N) is 1. The van der Waals surface area contributed by atoms with Crippen LogP contribution in [0.15, 0.2) is 30.4 Å². The predicted molar refractivity (Wildman–Crippen MR) is 87.0 cm³/mol. The lowest BCUT2D eigenvalue weighted by Gasteiger charge is -2.27. The minimum absolute atomic E-state index is 0.0373. The van der Waals surface area contributed by atoms with Gasteiger partial charge in [-0.1, -0.05) is 29.3 Å². The average Bonchev–Trinajstić information content (AvgIpc) is 2.46. The minimum atomic E-state index is -0.731. The number of amides is 2. The van der Waals surface area contributed by atoms with Crippen molar-refractivity contribution >= 4 is 58.4 Å². The second-order valence-corrected chi connectivity index (χ2v) is 5.45. The van der Waals surface area contributed by atoms with E-state index in [0.717, 1.165) is 17.0 Å². The van der Waals surface area contributed by atoms with Gasteiger partial charge < -0.3 is 0 Å². The summed E-state index contributed by atoms with van der Waals surface area (Å²) in [6.45, 7) is 3.62. The number of benzene rings is 1. The van der Waals surface area contributed by atoms with Gasteiger partial charge in [0, 0.05) is 12.1 Å². The molecule has 4 nitrogen and oxygen atoms in total. The first kappa shape index (κ1) is 16.6. The van der Waals surface area contributed by atoms with E-state index in [9.17, 15) is 14.0 Å². The monoisotopic (exact) mass is 358 g/mol. The van der Waals surface area contributed by atoms with Crippen LogP contribution in [0, 0.1) is 5.82 Å². The highest BCUT2D eigenvalue weighted by Crippen LogP contribution is 2.30. The summed E-state index contributed by atoms with van der Waals surface area (Å²) in [5.41, 5.74) is -0.433. The van der Waals surface area contributed by atoms with E-state index in [1.165, 1.54) is 12.1 Å². The molecule has 22 heavy (non-hydrogen) atoms. The summed E-state index contributed by atoms with van der Waals surface area (Å²) in [5, 5.41) is 2.34. The molecule has 8 heteroatoms. The molecule has 114 valence electrons. The molecule has 2 rings (SSSR count). The first-order valence-electron chi connectivity index (χ1n) is 6.00. The van der Waals surface area contributed by atoms with Crippen molar-refractivity contribution in [3.05, 3.63) is 51.8 Å². The Bertz CT molecular complexity index is 734. The topological polar surface area (TPSA) is 49.4 Å². The Hall–Kier alpha value is -1.76. The Morgan fingerprint density at radius 1 is 1.36 bits per heavy atom. The molecule has 1 aliphatic rings. The number of rotatable bonds is 3. The van der Waals surface area contributed by atoms with Crippen molar-refractivity contribution < 1.29 is 14.0 Å². The lowest BCUT2D eigenvalue weighted by Crippen LogP contribution is -2.53. The van der Waals surface area contributed by atoms with Gasteiger partial charge in [0.2, 0.25) is 0 Å². The van der Waals surface area contributed by atoms with Crippen molar-refractivity contribution in [3.63, 3.8) is 0 Å². The number of halogens is 3. The lowest BCUT2D eigenvalue weighted by molar-refractivity contribution is -0.128. The Morgan fingerprint density at radius 2 is 2.05 bits per heavy atom. The molecule has 1 heterocycles. The highest BCUT2D eigenvalue weighted by molar-refractivity contribution is 7.80. The molecule has 2 amide bonds. The summed E-state index contributed by atoms with van der Waals surface area (Å²) in [6, 6.07) is 2.38. The van der Waals surface area contributed by atoms with Gasteiger partial charge in [-0.05, 0) is 30.4 Å². The van der Waals surface area contributed by atoms with Crippen LogP contribution in [0.5, 0.6) is 0 Å². The molecule has 1 N–H and O–H groups in total. The highest BCUT2D eigenvalue weighted by Gasteiger charge is 2.33. The largest absolute Gasteiger partial charge is 0.298 e. The number of hydrogen-bond acceptors (Lipinski definition) is 3. The summed E-state index contributed by atoms with van der Waals surface area (Å²) in [7, 11) is 0. The van der Waals surface area contributed by atoms with Gasteiger partial charge >= 0.3 is 0 Å². The van der Waals surface area contributed by atoms with Crippen LogP contribution >= 0.6 is 35.4 Å². The first-order valence-corrected chi connectivity index (χ1v) is 7.16. The standard InChI is InChI=1S/C14H9Cl2FN2O2S/c1-2-5-19-13(21)8(12(20)18-14(19)22)6-7-10(17)4-3-9(15)11(7)16/h2-4,6H,1,5H2,(H,18,20,22). The van der Waals surface area contributed by atoms with Gasteiger partial charge in [-0.3, -0.25) is 19.8 Å². The molecule has 0 radical (unpaired) electrons. The summed E-state index contributed by atoms with van der Waals surface area (Å²) < 4.78 is 13.9. The van der Waals surface area contributed by atoms with Crippen LogP contribution in [0.4, 0.5) is 4.39 Å². The van der Waals surface area contributed by atoms with E-state index in [0.29, 0.717) is 0 Å². The number of carbonyl (C=O) groups excluding carboxylic acids is 2. The fourth-order valence-corrected chi connectivity index (χ4v) is 2.43. The van der Waals surface area contributed by atoms with Gasteiger partial charge in [0.1, 0.15) is 11.4 Å². The number of thiocarbonyl (C=S) groups is 1. The fourth-order valence-electron chi connectivity index (χ4n) is 1.81. The SMILES string of the molecule is C=CCN1C(=O)C(=Cc2c(F)ccc(Cl)c2Cl)C(=O)NC1=S. The van der Waals surface area contributed by atoms with Crippen LogP contribution in [0.1, 0.15) is 5.56 Å². The maximum Gasteiger partial charge on any atom is 0.265 e. The quantitative estimate of drug-likeness (QED) is 0.297. The maximum atomic E-state index is 13.9. The van der Waals surface area contributed by atoms with E-state index in [1.54, 1.807) is 0 Å². The van der Waals surface area contributed by atoms with Crippen molar-refractivity contribution in [1.82, 2.24) is 10.2 Å². The molecule has 0 bridgehead atoms. The lowest BCUT2D eigenvalue weighted by atomic mass is 10.1. The van der Waals surface area contributed by atoms with Crippen LogP contribution < -0.4 is 5.32 Å². The summed E-state index contributed by atoms with van der Waals surface area (Å²) >= 11 is 16.7. The highest BCUT2D eigenvalue weighted by atomic mass is 35.5. The van der Waals surface area contributed by atoms with E-state index in [1.807, 2.05) is 0 Å². The van der Waals surface area contributed by atoms with Crippen LogP contribution in [-0.4, -0.2) is 28.4 Å². The molecule has 0 aliphatic carbocycles. The molecule has 1 aliphatic heterocycles. The van der Waals surface area contributed by atoms with Gasteiger partial charge in [0.05, 0.1) is 10.0 Å². The van der Waals surface area contributed by atoms with Gasteiger partial charge in [-0.15, -0.1) is 6.58 Å². The van der Waals surface area contributed by atoms with Crippen LogP contribution in [0.2, 0.25) is 10.0 Å². The Kier molecular flexibility index (Phi) is 4.95. The van der Waals surface area contributed by atoms with E-state index in [4.69, 9.17) is 35.4 Å². The van der Waals surface area contributed by atoms with Gasteiger partial charge in [0.25, 0.3) is 11.8 Å². The van der Waals surface area contributed by atoms with Crippen LogP contribution in [0.3, 0.4) is 0 Å². The van der Waals surface area contributed by atoms with Crippen molar-refractivity contribution in [2.45, 2.75) is 0 Å². The third-order valence-corrected chi connectivity index (χ3v) is 4.01. The van der Waals surface area contributed by atoms with Crippen molar-refractivity contribution in [3.8, 4) is 0 Å². The molecule has 0 unspecified atom stereocenters. The fraction of sp³-hybridized carbons (Fsp3) is 0.0714. The minimum Gasteiger partial charge on any atom is -0.298 e. The zero-order chi connectivity index (χ0) is 16.4. The number of nitrogens with one attached hydrogen (secondary N) is 1. The molecule has 1 saturated heterocycles. The molecular formula is C14H9Cl2FN2O2S. The van der Waals surface area contributed by atoms with E-state index in [-0.39, 0.29) is 32.8 Å². The van der Waals surface area contributed by atoms with Crippen molar-refractivity contribution in [2.75, 3.05) is 6.54 Å². The van der Waals surface area contributed by atoms with E-state index in [2.05, 4.69) is 11.9 Å².